The molecule has 7 nitrogen and oxygen atoms in total. The van der Waals surface area contributed by atoms with Crippen LogP contribution in [0, 0.1) is 0 Å². The van der Waals surface area contributed by atoms with Crippen LogP contribution in [0.4, 0.5) is 0 Å². The summed E-state index contributed by atoms with van der Waals surface area (Å²) in [5.74, 6) is 0.309. The minimum atomic E-state index is -0.505. The molecule has 0 heterocycles. The molecule has 0 aliphatic heterocycles. The van der Waals surface area contributed by atoms with E-state index in [9.17, 15) is 9.59 Å². The van der Waals surface area contributed by atoms with Crippen molar-refractivity contribution in [1.82, 2.24) is 10.6 Å². The summed E-state index contributed by atoms with van der Waals surface area (Å²) in [6, 6.07) is -0.977. The van der Waals surface area contributed by atoms with Crippen LogP contribution < -0.4 is 27.8 Å². The number of nitrogens with two attached hydrogens (primary N) is 3. The molecule has 0 radical (unpaired) electrons. The van der Waals surface area contributed by atoms with Gasteiger partial charge in [0.1, 0.15) is 0 Å². The van der Waals surface area contributed by atoms with Crippen LogP contribution in [0.1, 0.15) is 38.5 Å². The first-order valence-electron chi connectivity index (χ1n) is 7.90. The monoisotopic (exact) mass is 333 g/mol. The van der Waals surface area contributed by atoms with E-state index in [0.717, 1.165) is 25.7 Å². The number of amides is 2. The molecule has 22 heavy (non-hydrogen) atoms. The van der Waals surface area contributed by atoms with Crippen molar-refractivity contribution in [2.24, 2.45) is 17.2 Å². The van der Waals surface area contributed by atoms with E-state index in [4.69, 9.17) is 17.2 Å². The summed E-state index contributed by atoms with van der Waals surface area (Å²) < 4.78 is 0. The van der Waals surface area contributed by atoms with Gasteiger partial charge in [0, 0.05) is 18.8 Å². The Kier molecular flexibility index (Phi) is 13.3. The highest BCUT2D eigenvalue weighted by atomic mass is 32.1. The standard InChI is InChI=1S/C14H31N5O2S/c15-7-3-1-5-11(16)13(20)18-8-4-2-6-12(17)14(21)19-9-10-22/h11-12,22H,1-10,15-17H2,(H,18,20)(H,19,21)/t11-,12-/m0/s1. The van der Waals surface area contributed by atoms with E-state index in [2.05, 4.69) is 23.3 Å². The van der Waals surface area contributed by atoms with Gasteiger partial charge in [-0.1, -0.05) is 6.42 Å². The Balaban J connectivity index is 3.62. The molecule has 0 aromatic carbocycles. The Bertz CT molecular complexity index is 318. The van der Waals surface area contributed by atoms with Crippen molar-refractivity contribution >= 4 is 24.4 Å². The van der Waals surface area contributed by atoms with E-state index in [0.29, 0.717) is 38.2 Å². The number of rotatable bonds is 13. The molecule has 0 saturated heterocycles. The van der Waals surface area contributed by atoms with Crippen LogP contribution in [0.5, 0.6) is 0 Å². The van der Waals surface area contributed by atoms with E-state index in [1.54, 1.807) is 0 Å². The summed E-state index contributed by atoms with van der Waals surface area (Å²) in [6.07, 6.45) is 4.54. The molecule has 0 unspecified atom stereocenters. The minimum Gasteiger partial charge on any atom is -0.355 e. The molecular formula is C14H31N5O2S. The average molecular weight is 334 g/mol. The zero-order chi connectivity index (χ0) is 16.8. The number of hydrogen-bond donors (Lipinski definition) is 6. The maximum atomic E-state index is 11.7. The van der Waals surface area contributed by atoms with Gasteiger partial charge >= 0.3 is 0 Å². The third kappa shape index (κ3) is 10.8. The van der Waals surface area contributed by atoms with E-state index in [1.165, 1.54) is 0 Å². The Hall–Kier alpha value is -0.830. The SMILES string of the molecule is NCCCC[C@H](N)C(=O)NCCCC[C@H](N)C(=O)NCCS. The van der Waals surface area contributed by atoms with Gasteiger partial charge in [0.2, 0.25) is 11.8 Å². The van der Waals surface area contributed by atoms with Crippen molar-refractivity contribution in [1.29, 1.82) is 0 Å². The van der Waals surface area contributed by atoms with Crippen LogP contribution in [-0.2, 0) is 9.59 Å². The summed E-state index contributed by atoms with van der Waals surface area (Å²) in [5, 5.41) is 5.49. The number of carbonyl (C=O) groups excluding carboxylic acids is 2. The van der Waals surface area contributed by atoms with E-state index >= 15 is 0 Å². The van der Waals surface area contributed by atoms with E-state index in [-0.39, 0.29) is 11.8 Å². The molecule has 0 spiro atoms. The van der Waals surface area contributed by atoms with Gasteiger partial charge in [0.05, 0.1) is 12.1 Å². The molecule has 0 aromatic rings. The van der Waals surface area contributed by atoms with Gasteiger partial charge in [-0.15, -0.1) is 0 Å². The second-order valence-corrected chi connectivity index (χ2v) is 5.75. The van der Waals surface area contributed by atoms with Crippen molar-refractivity contribution in [3.63, 3.8) is 0 Å². The predicted molar refractivity (Wildman–Crippen MR) is 92.6 cm³/mol. The van der Waals surface area contributed by atoms with Crippen LogP contribution in [0.15, 0.2) is 0 Å². The molecule has 8 N–H and O–H groups in total. The van der Waals surface area contributed by atoms with Crippen molar-refractivity contribution in [2.75, 3.05) is 25.4 Å². The van der Waals surface area contributed by atoms with E-state index in [1.807, 2.05) is 0 Å². The summed E-state index contributed by atoms with van der Waals surface area (Å²) in [6.45, 7) is 1.69. The highest BCUT2D eigenvalue weighted by Gasteiger charge is 2.13. The van der Waals surface area contributed by atoms with Gasteiger partial charge in [-0.2, -0.15) is 12.6 Å². The fourth-order valence-corrected chi connectivity index (χ4v) is 2.02. The molecule has 0 fully saturated rings. The lowest BCUT2D eigenvalue weighted by Crippen LogP contribution is -2.42. The summed E-state index contributed by atoms with van der Waals surface area (Å²) >= 11 is 4.01. The summed E-state index contributed by atoms with van der Waals surface area (Å²) in [5.41, 5.74) is 16.9. The van der Waals surface area contributed by atoms with E-state index < -0.39 is 12.1 Å². The Labute approximate surface area is 138 Å². The average Bonchev–Trinajstić information content (AvgIpc) is 2.51. The largest absolute Gasteiger partial charge is 0.355 e. The van der Waals surface area contributed by atoms with Gasteiger partial charge in [-0.05, 0) is 38.6 Å². The fraction of sp³-hybridized carbons (Fsp3) is 0.857. The van der Waals surface area contributed by atoms with Crippen LogP contribution >= 0.6 is 12.6 Å². The topological polar surface area (TPSA) is 136 Å². The predicted octanol–water partition coefficient (Wildman–Crippen LogP) is -0.897. The molecule has 0 aliphatic carbocycles. The smallest absolute Gasteiger partial charge is 0.236 e. The van der Waals surface area contributed by atoms with Gasteiger partial charge in [-0.3, -0.25) is 9.59 Å². The van der Waals surface area contributed by atoms with Crippen LogP contribution in [0.25, 0.3) is 0 Å². The van der Waals surface area contributed by atoms with Crippen molar-refractivity contribution in [3.8, 4) is 0 Å². The molecule has 2 amide bonds. The van der Waals surface area contributed by atoms with Crippen LogP contribution in [-0.4, -0.2) is 49.3 Å². The first-order chi connectivity index (χ1) is 10.5. The lowest BCUT2D eigenvalue weighted by Gasteiger charge is -2.13. The third-order valence-electron chi connectivity index (χ3n) is 3.29. The number of nitrogens with one attached hydrogen (secondary N) is 2. The molecule has 2 atom stereocenters. The fourth-order valence-electron chi connectivity index (χ4n) is 1.91. The first-order valence-corrected chi connectivity index (χ1v) is 8.53. The van der Waals surface area contributed by atoms with Crippen molar-refractivity contribution in [3.05, 3.63) is 0 Å². The molecule has 0 aliphatic rings. The zero-order valence-corrected chi connectivity index (χ0v) is 14.1. The third-order valence-corrected chi connectivity index (χ3v) is 3.52. The van der Waals surface area contributed by atoms with Crippen LogP contribution in [0.2, 0.25) is 0 Å². The lowest BCUT2D eigenvalue weighted by molar-refractivity contribution is -0.123. The maximum Gasteiger partial charge on any atom is 0.236 e. The highest BCUT2D eigenvalue weighted by Crippen LogP contribution is 2.00. The minimum absolute atomic E-state index is 0.132. The number of thiol groups is 1. The second-order valence-electron chi connectivity index (χ2n) is 5.30. The molecule has 0 bridgehead atoms. The van der Waals surface area contributed by atoms with Gasteiger partial charge < -0.3 is 27.8 Å². The highest BCUT2D eigenvalue weighted by molar-refractivity contribution is 7.80. The van der Waals surface area contributed by atoms with Gasteiger partial charge in [0.15, 0.2) is 0 Å². The van der Waals surface area contributed by atoms with Crippen molar-refractivity contribution < 1.29 is 9.59 Å². The Morgan fingerprint density at radius 1 is 0.864 bits per heavy atom. The molecule has 0 rings (SSSR count). The normalized spacial score (nSPS) is 13.5. The summed E-state index contributed by atoms with van der Waals surface area (Å²) in [4.78, 5) is 23.2. The van der Waals surface area contributed by atoms with Crippen LogP contribution in [0.3, 0.4) is 0 Å². The first kappa shape index (κ1) is 21.2. The second kappa shape index (κ2) is 13.8. The quantitative estimate of drug-likeness (QED) is 0.192. The molecule has 8 heteroatoms. The maximum absolute atomic E-state index is 11.7. The molecular weight excluding hydrogens is 302 g/mol. The molecule has 130 valence electrons. The zero-order valence-electron chi connectivity index (χ0n) is 13.2. The number of carbonyl (C=O) groups is 2. The van der Waals surface area contributed by atoms with Gasteiger partial charge in [-0.25, -0.2) is 0 Å². The molecule has 0 saturated carbocycles. The Morgan fingerprint density at radius 3 is 1.86 bits per heavy atom. The molecule has 0 aromatic heterocycles. The van der Waals surface area contributed by atoms with Crippen molar-refractivity contribution in [2.45, 2.75) is 50.6 Å². The summed E-state index contributed by atoms with van der Waals surface area (Å²) in [7, 11) is 0. The Morgan fingerprint density at radius 2 is 1.36 bits per heavy atom. The lowest BCUT2D eigenvalue weighted by atomic mass is 10.1. The van der Waals surface area contributed by atoms with Gasteiger partial charge in [0.25, 0.3) is 0 Å². The number of unbranched alkanes of at least 4 members (excludes halogenated alkanes) is 2. The number of hydrogen-bond acceptors (Lipinski definition) is 6.